The second-order valence-corrected chi connectivity index (χ2v) is 7.03. The number of carbonyl (C=O) groups excluding carboxylic acids is 1. The number of hydrogen-bond donors (Lipinski definition) is 0. The molecule has 2 aliphatic rings. The molecule has 0 N–H and O–H groups in total. The molecule has 0 aromatic carbocycles. The first-order valence-corrected chi connectivity index (χ1v) is 9.14. The minimum Gasteiger partial charge on any atom is -0.378 e. The second kappa shape index (κ2) is 6.85. The van der Waals surface area contributed by atoms with Gasteiger partial charge in [-0.1, -0.05) is 5.16 Å². The van der Waals surface area contributed by atoms with Gasteiger partial charge in [0, 0.05) is 44.5 Å². The van der Waals surface area contributed by atoms with E-state index in [1.54, 1.807) is 0 Å². The van der Waals surface area contributed by atoms with Crippen LogP contribution in [0.25, 0.3) is 0 Å². The minimum absolute atomic E-state index is 0.000302. The number of morpholine rings is 1. The number of imidazole rings is 1. The molecule has 2 aliphatic heterocycles. The van der Waals surface area contributed by atoms with Crippen molar-refractivity contribution in [1.29, 1.82) is 0 Å². The molecule has 0 bridgehead atoms. The molecule has 4 heterocycles. The number of ether oxygens (including phenoxy) is 1. The minimum atomic E-state index is -0.000302. The number of aryl methyl sites for hydroxylation is 2. The van der Waals surface area contributed by atoms with Gasteiger partial charge in [0.2, 0.25) is 0 Å². The van der Waals surface area contributed by atoms with Crippen molar-refractivity contribution in [3.8, 4) is 0 Å². The van der Waals surface area contributed by atoms with Gasteiger partial charge in [0.1, 0.15) is 17.3 Å². The molecule has 4 rings (SSSR count). The Morgan fingerprint density at radius 2 is 2.00 bits per heavy atom. The predicted octanol–water partition coefficient (Wildman–Crippen LogP) is 1.54. The van der Waals surface area contributed by atoms with Gasteiger partial charge in [-0.25, -0.2) is 4.98 Å². The highest BCUT2D eigenvalue weighted by Gasteiger charge is 2.30. The van der Waals surface area contributed by atoms with Gasteiger partial charge >= 0.3 is 0 Å². The Morgan fingerprint density at radius 1 is 1.23 bits per heavy atom. The molecule has 26 heavy (non-hydrogen) atoms. The van der Waals surface area contributed by atoms with Crippen molar-refractivity contribution in [2.45, 2.75) is 39.9 Å². The highest BCUT2D eigenvalue weighted by atomic mass is 16.5. The van der Waals surface area contributed by atoms with E-state index in [1.165, 1.54) is 0 Å². The maximum atomic E-state index is 12.7. The Kier molecular flexibility index (Phi) is 4.54. The Labute approximate surface area is 152 Å². The van der Waals surface area contributed by atoms with E-state index in [0.717, 1.165) is 42.5 Å². The number of hydrogen-bond acceptors (Lipinski definition) is 6. The van der Waals surface area contributed by atoms with Crippen LogP contribution >= 0.6 is 0 Å². The molecule has 1 saturated heterocycles. The lowest BCUT2D eigenvalue weighted by molar-refractivity contribution is 0.0299. The molecule has 0 saturated carbocycles. The second-order valence-electron chi connectivity index (χ2n) is 7.03. The van der Waals surface area contributed by atoms with Gasteiger partial charge < -0.3 is 18.7 Å². The van der Waals surface area contributed by atoms with Crippen molar-refractivity contribution < 1.29 is 14.1 Å². The summed E-state index contributed by atoms with van der Waals surface area (Å²) in [7, 11) is 0. The summed E-state index contributed by atoms with van der Waals surface area (Å²) in [5.41, 5.74) is 2.61. The third-order valence-electron chi connectivity index (χ3n) is 5.42. The zero-order valence-corrected chi connectivity index (χ0v) is 15.6. The first-order chi connectivity index (χ1) is 12.5. The average molecular weight is 359 g/mol. The molecule has 140 valence electrons. The summed E-state index contributed by atoms with van der Waals surface area (Å²) in [5, 5.41) is 4.05. The Bertz CT molecular complexity index is 786. The largest absolute Gasteiger partial charge is 0.378 e. The van der Waals surface area contributed by atoms with E-state index in [1.807, 2.05) is 24.9 Å². The van der Waals surface area contributed by atoms with E-state index in [4.69, 9.17) is 9.26 Å². The monoisotopic (exact) mass is 359 g/mol. The van der Waals surface area contributed by atoms with Crippen LogP contribution in [0.2, 0.25) is 0 Å². The number of carbonyl (C=O) groups is 1. The molecule has 0 spiro atoms. The summed E-state index contributed by atoms with van der Waals surface area (Å²) in [5.74, 6) is 1.81. The third kappa shape index (κ3) is 3.03. The standard InChI is InChI=1S/C18H25N5O3/c1-12-15(14(3)26-20-12)10-22-4-5-23-11-16(19-17(23)13(22)2)18(24)21-6-8-25-9-7-21/h11,13H,4-10H2,1-3H3. The number of rotatable bonds is 3. The van der Waals surface area contributed by atoms with Crippen molar-refractivity contribution in [1.82, 2.24) is 24.5 Å². The topological polar surface area (TPSA) is 76.6 Å². The summed E-state index contributed by atoms with van der Waals surface area (Å²) in [6.07, 6.45) is 1.90. The predicted molar refractivity (Wildman–Crippen MR) is 93.8 cm³/mol. The first-order valence-electron chi connectivity index (χ1n) is 9.14. The van der Waals surface area contributed by atoms with Crippen LogP contribution in [0, 0.1) is 13.8 Å². The molecule has 8 heteroatoms. The first kappa shape index (κ1) is 17.2. The number of nitrogens with zero attached hydrogens (tertiary/aromatic N) is 5. The molecule has 1 fully saturated rings. The van der Waals surface area contributed by atoms with Gasteiger partial charge in [0.15, 0.2) is 0 Å². The lowest BCUT2D eigenvalue weighted by atomic mass is 10.1. The highest BCUT2D eigenvalue weighted by molar-refractivity contribution is 5.92. The van der Waals surface area contributed by atoms with Gasteiger partial charge in [-0.15, -0.1) is 0 Å². The lowest BCUT2D eigenvalue weighted by Gasteiger charge is -2.33. The van der Waals surface area contributed by atoms with E-state index in [2.05, 4.69) is 26.5 Å². The SMILES string of the molecule is Cc1noc(C)c1CN1CCn2cc(C(=O)N3CCOCC3)nc2C1C. The van der Waals surface area contributed by atoms with Crippen molar-refractivity contribution in [2.24, 2.45) is 0 Å². The van der Waals surface area contributed by atoms with Crippen molar-refractivity contribution >= 4 is 5.91 Å². The van der Waals surface area contributed by atoms with Gasteiger partial charge in [0.25, 0.3) is 5.91 Å². The summed E-state index contributed by atoms with van der Waals surface area (Å²) in [6.45, 7) is 11.0. The van der Waals surface area contributed by atoms with E-state index < -0.39 is 0 Å². The zero-order chi connectivity index (χ0) is 18.3. The Hall–Kier alpha value is -2.19. The maximum Gasteiger partial charge on any atom is 0.274 e. The van der Waals surface area contributed by atoms with Crippen LogP contribution in [0.4, 0.5) is 0 Å². The Balaban J connectivity index is 1.52. The molecule has 1 atom stereocenters. The van der Waals surface area contributed by atoms with Crippen LogP contribution in [-0.2, 0) is 17.8 Å². The van der Waals surface area contributed by atoms with Crippen molar-refractivity contribution in [2.75, 3.05) is 32.8 Å². The summed E-state index contributed by atoms with van der Waals surface area (Å²) < 4.78 is 12.7. The highest BCUT2D eigenvalue weighted by Crippen LogP contribution is 2.28. The quantitative estimate of drug-likeness (QED) is 0.827. The number of fused-ring (bicyclic) bond motifs is 1. The summed E-state index contributed by atoms with van der Waals surface area (Å²) >= 11 is 0. The van der Waals surface area contributed by atoms with E-state index in [0.29, 0.717) is 32.0 Å². The van der Waals surface area contributed by atoms with Crippen LogP contribution in [0.3, 0.4) is 0 Å². The van der Waals surface area contributed by atoms with E-state index in [-0.39, 0.29) is 11.9 Å². The normalized spacial score (nSPS) is 21.0. The lowest BCUT2D eigenvalue weighted by Crippen LogP contribution is -2.40. The van der Waals surface area contributed by atoms with Crippen molar-refractivity contribution in [3.63, 3.8) is 0 Å². The Morgan fingerprint density at radius 3 is 2.69 bits per heavy atom. The molecule has 1 unspecified atom stereocenters. The molecule has 8 nitrogen and oxygen atoms in total. The van der Waals surface area contributed by atoms with Gasteiger partial charge in [-0.3, -0.25) is 9.69 Å². The van der Waals surface area contributed by atoms with E-state index in [9.17, 15) is 4.79 Å². The van der Waals surface area contributed by atoms with Gasteiger partial charge in [0.05, 0.1) is 24.9 Å². The van der Waals surface area contributed by atoms with Gasteiger partial charge in [-0.05, 0) is 20.8 Å². The van der Waals surface area contributed by atoms with Crippen LogP contribution < -0.4 is 0 Å². The molecule has 2 aromatic rings. The molecular formula is C18H25N5O3. The summed E-state index contributed by atoms with van der Waals surface area (Å²) in [4.78, 5) is 21.6. The average Bonchev–Trinajstić information content (AvgIpc) is 3.23. The number of aromatic nitrogens is 3. The smallest absolute Gasteiger partial charge is 0.274 e. The molecule has 0 aliphatic carbocycles. The fourth-order valence-electron chi connectivity index (χ4n) is 3.71. The van der Waals surface area contributed by atoms with E-state index >= 15 is 0 Å². The third-order valence-corrected chi connectivity index (χ3v) is 5.42. The fraction of sp³-hybridized carbons (Fsp3) is 0.611. The summed E-state index contributed by atoms with van der Waals surface area (Å²) in [6, 6.07) is 0.128. The number of amides is 1. The van der Waals surface area contributed by atoms with Crippen LogP contribution in [0.5, 0.6) is 0 Å². The molecule has 1 amide bonds. The van der Waals surface area contributed by atoms with Crippen molar-refractivity contribution in [3.05, 3.63) is 34.7 Å². The molecule has 0 radical (unpaired) electrons. The van der Waals surface area contributed by atoms with Gasteiger partial charge in [-0.2, -0.15) is 0 Å². The zero-order valence-electron chi connectivity index (χ0n) is 15.6. The maximum absolute atomic E-state index is 12.7. The van der Waals surface area contributed by atoms with Crippen LogP contribution in [0.1, 0.15) is 46.3 Å². The molecular weight excluding hydrogens is 334 g/mol. The van der Waals surface area contributed by atoms with Crippen LogP contribution in [0.15, 0.2) is 10.7 Å². The molecule has 2 aromatic heterocycles. The fourth-order valence-corrected chi connectivity index (χ4v) is 3.71. The van der Waals surface area contributed by atoms with Crippen LogP contribution in [-0.4, -0.2) is 63.3 Å².